The van der Waals surface area contributed by atoms with Gasteiger partial charge >= 0.3 is 0 Å². The highest BCUT2D eigenvalue weighted by atomic mass is 16.7. The van der Waals surface area contributed by atoms with E-state index in [9.17, 15) is 0 Å². The van der Waals surface area contributed by atoms with Crippen LogP contribution in [0.5, 0.6) is 5.75 Å². The second kappa shape index (κ2) is 11.7. The molecule has 0 amide bonds. The Morgan fingerprint density at radius 1 is 0.950 bits per heavy atom. The van der Waals surface area contributed by atoms with Gasteiger partial charge in [-0.3, -0.25) is 0 Å². The number of allylic oxidation sites excluding steroid dienone is 2. The first-order chi connectivity index (χ1) is 19.1. The molecule has 0 spiro atoms. The van der Waals surface area contributed by atoms with Crippen LogP contribution in [0.1, 0.15) is 105 Å². The summed E-state index contributed by atoms with van der Waals surface area (Å²) in [5.74, 6) is 3.58. The normalized spacial score (nSPS) is 38.1. The van der Waals surface area contributed by atoms with E-state index in [1.54, 1.807) is 18.3 Å². The number of benzene rings is 1. The molecule has 1 saturated carbocycles. The van der Waals surface area contributed by atoms with Crippen LogP contribution in [0.25, 0.3) is 0 Å². The minimum atomic E-state index is -0.152. The first-order valence-corrected chi connectivity index (χ1v) is 16.2. The molecule has 1 aromatic rings. The fourth-order valence-corrected chi connectivity index (χ4v) is 9.72. The molecule has 2 unspecified atom stereocenters. The summed E-state index contributed by atoms with van der Waals surface area (Å²) in [4.78, 5) is 0. The van der Waals surface area contributed by atoms with E-state index in [4.69, 9.17) is 18.9 Å². The highest BCUT2D eigenvalue weighted by Crippen LogP contribution is 2.71. The van der Waals surface area contributed by atoms with Crippen LogP contribution in [0.3, 0.4) is 0 Å². The van der Waals surface area contributed by atoms with Gasteiger partial charge in [0.05, 0.1) is 26.4 Å². The summed E-state index contributed by atoms with van der Waals surface area (Å²) < 4.78 is 24.4. The molecule has 3 aliphatic carbocycles. The van der Waals surface area contributed by atoms with E-state index in [1.807, 2.05) is 19.2 Å². The first-order valence-electron chi connectivity index (χ1n) is 16.2. The van der Waals surface area contributed by atoms with Crippen LogP contribution < -0.4 is 4.74 Å². The Kier molecular flexibility index (Phi) is 8.83. The summed E-state index contributed by atoms with van der Waals surface area (Å²) in [6, 6.07) is 8.18. The molecular weight excluding hydrogens is 496 g/mol. The second-order valence-electron chi connectivity index (χ2n) is 14.8. The molecule has 4 aliphatic rings. The number of rotatable bonds is 10. The molecule has 8 atom stereocenters. The lowest BCUT2D eigenvalue weighted by Gasteiger charge is -2.58. The van der Waals surface area contributed by atoms with E-state index in [0.29, 0.717) is 35.9 Å². The lowest BCUT2D eigenvalue weighted by atomic mass is 9.47. The Morgan fingerprint density at radius 3 is 2.38 bits per heavy atom. The molecule has 2 fully saturated rings. The first kappa shape index (κ1) is 30.1. The molecule has 5 rings (SSSR count). The van der Waals surface area contributed by atoms with Gasteiger partial charge < -0.3 is 18.9 Å². The van der Waals surface area contributed by atoms with Crippen LogP contribution in [0, 0.1) is 39.9 Å². The maximum Gasteiger partial charge on any atom is 0.158 e. The monoisotopic (exact) mass is 552 g/mol. The fourth-order valence-electron chi connectivity index (χ4n) is 9.72. The summed E-state index contributed by atoms with van der Waals surface area (Å²) in [5.41, 5.74) is 5.37. The van der Waals surface area contributed by atoms with Crippen molar-refractivity contribution in [2.75, 3.05) is 20.8 Å². The Hall–Kier alpha value is -1.36. The highest BCUT2D eigenvalue weighted by molar-refractivity contribution is 5.39. The minimum Gasteiger partial charge on any atom is -0.497 e. The molecule has 4 nitrogen and oxygen atoms in total. The van der Waals surface area contributed by atoms with Crippen molar-refractivity contribution in [2.45, 2.75) is 118 Å². The highest BCUT2D eigenvalue weighted by Gasteiger charge is 2.65. The summed E-state index contributed by atoms with van der Waals surface area (Å²) >= 11 is 0. The third-order valence-electron chi connectivity index (χ3n) is 12.3. The van der Waals surface area contributed by atoms with Crippen molar-refractivity contribution < 1.29 is 18.9 Å². The van der Waals surface area contributed by atoms with Crippen molar-refractivity contribution >= 4 is 0 Å². The predicted octanol–water partition coefficient (Wildman–Crippen LogP) is 8.97. The van der Waals surface area contributed by atoms with Crippen LogP contribution >= 0.6 is 0 Å². The summed E-state index contributed by atoms with van der Waals surface area (Å²) in [6.45, 7) is 16.4. The summed E-state index contributed by atoms with van der Waals surface area (Å²) in [6.07, 6.45) is 11.3. The van der Waals surface area contributed by atoms with E-state index in [1.165, 1.54) is 51.4 Å². The molecule has 4 heteroatoms. The quantitative estimate of drug-likeness (QED) is 0.271. The van der Waals surface area contributed by atoms with Crippen molar-refractivity contribution in [3.8, 4) is 5.75 Å². The Balaban J connectivity index is 1.36. The molecule has 224 valence electrons. The minimum absolute atomic E-state index is 0.152. The van der Waals surface area contributed by atoms with Gasteiger partial charge in [-0.05, 0) is 89.7 Å². The number of hydrogen-bond donors (Lipinski definition) is 0. The average molecular weight is 553 g/mol. The summed E-state index contributed by atoms with van der Waals surface area (Å²) in [5, 5.41) is 0. The number of ether oxygens (including phenoxy) is 4. The van der Waals surface area contributed by atoms with E-state index in [2.05, 4.69) is 53.7 Å². The standard InChI is InChI=1S/C36H56O4/c1-24(2)10-9-11-25(3)33-31(38-8)20-36(6)30-17-14-27-23-40-32(39-22-26-12-15-28(37-7)16-13-26)21-34(27,4)29(30)18-19-35(33,36)5/h12-13,15-16,24-25,27,31-33H,9-11,14,17-23H2,1-8H3/t25-,27+,31?,32?,33+,34+,35-,36+/m1/s1. The SMILES string of the molecule is COc1ccc(COC2C[C@]3(C)C4=C(CC[C@H]3CO2)[C@]2(C)CC(OC)[C@H]([C@H](C)CCCC(C)C)[C@@]2(C)CC4)cc1. The molecule has 40 heavy (non-hydrogen) atoms. The van der Waals surface area contributed by atoms with Crippen molar-refractivity contribution in [1.29, 1.82) is 0 Å². The van der Waals surface area contributed by atoms with Crippen molar-refractivity contribution in [3.05, 3.63) is 41.0 Å². The molecule has 1 saturated heterocycles. The zero-order valence-corrected chi connectivity index (χ0v) is 26.7. The average Bonchev–Trinajstić information content (AvgIpc) is 3.18. The lowest BCUT2D eigenvalue weighted by molar-refractivity contribution is -0.212. The molecule has 0 radical (unpaired) electrons. The van der Waals surface area contributed by atoms with Gasteiger partial charge in [-0.25, -0.2) is 0 Å². The Bertz CT molecular complexity index is 1050. The zero-order valence-electron chi connectivity index (χ0n) is 26.7. The molecule has 1 aromatic carbocycles. The van der Waals surface area contributed by atoms with E-state index in [0.717, 1.165) is 30.3 Å². The molecule has 1 heterocycles. The molecule has 1 aliphatic heterocycles. The second-order valence-corrected chi connectivity index (χ2v) is 14.8. The fraction of sp³-hybridized carbons (Fsp3) is 0.778. The van der Waals surface area contributed by atoms with Crippen LogP contribution in [0.2, 0.25) is 0 Å². The number of hydrogen-bond acceptors (Lipinski definition) is 4. The van der Waals surface area contributed by atoms with Crippen LogP contribution in [0.15, 0.2) is 35.4 Å². The van der Waals surface area contributed by atoms with Crippen LogP contribution in [-0.4, -0.2) is 33.2 Å². The Morgan fingerprint density at radius 2 is 1.70 bits per heavy atom. The largest absolute Gasteiger partial charge is 0.497 e. The topological polar surface area (TPSA) is 36.9 Å². The van der Waals surface area contributed by atoms with Gasteiger partial charge in [0.2, 0.25) is 0 Å². The van der Waals surface area contributed by atoms with Crippen LogP contribution in [-0.2, 0) is 20.8 Å². The predicted molar refractivity (Wildman–Crippen MR) is 162 cm³/mol. The molecular formula is C36H56O4. The van der Waals surface area contributed by atoms with Crippen LogP contribution in [0.4, 0.5) is 0 Å². The van der Waals surface area contributed by atoms with Gasteiger partial charge in [0, 0.05) is 13.5 Å². The van der Waals surface area contributed by atoms with E-state index < -0.39 is 0 Å². The maximum atomic E-state index is 6.40. The third-order valence-corrected chi connectivity index (χ3v) is 12.3. The van der Waals surface area contributed by atoms with Gasteiger partial charge in [0.15, 0.2) is 6.29 Å². The van der Waals surface area contributed by atoms with E-state index in [-0.39, 0.29) is 17.1 Å². The number of fused-ring (bicyclic) bond motifs is 4. The van der Waals surface area contributed by atoms with Gasteiger partial charge in [-0.2, -0.15) is 0 Å². The molecule has 0 bridgehead atoms. The lowest BCUT2D eigenvalue weighted by Crippen LogP contribution is -2.51. The summed E-state index contributed by atoms with van der Waals surface area (Å²) in [7, 11) is 3.68. The van der Waals surface area contributed by atoms with Gasteiger partial charge in [0.25, 0.3) is 0 Å². The van der Waals surface area contributed by atoms with E-state index >= 15 is 0 Å². The van der Waals surface area contributed by atoms with Crippen molar-refractivity contribution in [3.63, 3.8) is 0 Å². The maximum absolute atomic E-state index is 6.40. The molecule has 0 N–H and O–H groups in total. The Labute approximate surface area is 244 Å². The zero-order chi connectivity index (χ0) is 28.7. The number of methoxy groups -OCH3 is 2. The van der Waals surface area contributed by atoms with Crippen molar-refractivity contribution in [1.82, 2.24) is 0 Å². The van der Waals surface area contributed by atoms with Gasteiger partial charge in [0.1, 0.15) is 5.75 Å². The van der Waals surface area contributed by atoms with Gasteiger partial charge in [-0.15, -0.1) is 0 Å². The molecule has 0 aromatic heterocycles. The van der Waals surface area contributed by atoms with Crippen molar-refractivity contribution in [2.24, 2.45) is 39.9 Å². The smallest absolute Gasteiger partial charge is 0.158 e. The van der Waals surface area contributed by atoms with Gasteiger partial charge in [-0.1, -0.05) is 84.1 Å². The third kappa shape index (κ3) is 5.20.